The van der Waals surface area contributed by atoms with Gasteiger partial charge in [-0.25, -0.2) is 0 Å². The van der Waals surface area contributed by atoms with E-state index in [2.05, 4.69) is 20.8 Å². The molecule has 0 aliphatic carbocycles. The number of phenolic OH excluding ortho intramolecular Hbond substituents is 1. The third-order valence-electron chi connectivity index (χ3n) is 1.57. The Morgan fingerprint density at radius 2 is 1.58 bits per heavy atom. The van der Waals surface area contributed by atoms with Gasteiger partial charge in [0, 0.05) is 0 Å². The van der Waals surface area contributed by atoms with Crippen molar-refractivity contribution < 1.29 is 5.11 Å². The van der Waals surface area contributed by atoms with Gasteiger partial charge < -0.3 is 5.11 Å². The van der Waals surface area contributed by atoms with Crippen molar-refractivity contribution in [3.8, 4) is 5.75 Å². The third-order valence-corrected chi connectivity index (χ3v) is 1.57. The lowest BCUT2D eigenvalue weighted by molar-refractivity contribution is 0.475. The lowest BCUT2D eigenvalue weighted by atomic mass is 10.2. The van der Waals surface area contributed by atoms with Gasteiger partial charge in [0.1, 0.15) is 5.75 Å². The summed E-state index contributed by atoms with van der Waals surface area (Å²) in [5.74, 6) is 1.21. The van der Waals surface area contributed by atoms with E-state index in [1.807, 2.05) is 6.07 Å². The first kappa shape index (κ1) is 11.0. The third kappa shape index (κ3) is 7.13. The molecule has 1 heteroatoms. The second-order valence-electron chi connectivity index (χ2n) is 3.14. The van der Waals surface area contributed by atoms with Crippen molar-refractivity contribution in [3.05, 3.63) is 30.3 Å². The van der Waals surface area contributed by atoms with Gasteiger partial charge in [-0.3, -0.25) is 0 Å². The maximum atomic E-state index is 8.63. The van der Waals surface area contributed by atoms with E-state index in [0.29, 0.717) is 5.75 Å². The molecule has 1 aromatic rings. The second kappa shape index (κ2) is 6.71. The number of rotatable bonds is 1. The molecule has 0 saturated carbocycles. The van der Waals surface area contributed by atoms with Crippen molar-refractivity contribution in [3.63, 3.8) is 0 Å². The SMILES string of the molecule is CCC(C)C.Oc1ccccc1. The summed E-state index contributed by atoms with van der Waals surface area (Å²) < 4.78 is 0. The fraction of sp³-hybridized carbons (Fsp3) is 0.455. The van der Waals surface area contributed by atoms with Gasteiger partial charge in [0.25, 0.3) is 0 Å². The molecule has 0 radical (unpaired) electrons. The van der Waals surface area contributed by atoms with E-state index in [4.69, 9.17) is 5.11 Å². The molecule has 0 aliphatic rings. The van der Waals surface area contributed by atoms with Gasteiger partial charge in [-0.05, 0) is 18.1 Å². The Kier molecular flexibility index (Phi) is 6.16. The summed E-state index contributed by atoms with van der Waals surface area (Å²) in [6.45, 7) is 6.64. The first-order valence-corrected chi connectivity index (χ1v) is 4.40. The molecule has 1 rings (SSSR count). The number of hydrogen-bond acceptors (Lipinski definition) is 1. The standard InChI is InChI=1S/C6H6O.C5H12/c7-6-4-2-1-3-5-6;1-4-5(2)3/h1-5,7H;5H,4H2,1-3H3. The van der Waals surface area contributed by atoms with E-state index >= 15 is 0 Å². The predicted molar refractivity (Wildman–Crippen MR) is 53.2 cm³/mol. The first-order chi connectivity index (χ1) is 5.66. The van der Waals surface area contributed by atoms with E-state index < -0.39 is 0 Å². The molecule has 0 bridgehead atoms. The largest absolute Gasteiger partial charge is 0.508 e. The van der Waals surface area contributed by atoms with Crippen LogP contribution in [0.2, 0.25) is 0 Å². The average Bonchev–Trinajstić information content (AvgIpc) is 2.07. The van der Waals surface area contributed by atoms with Crippen LogP contribution in [0.1, 0.15) is 27.2 Å². The fourth-order valence-electron chi connectivity index (χ4n) is 0.428. The molecule has 0 aliphatic heterocycles. The zero-order valence-corrected chi connectivity index (χ0v) is 8.12. The van der Waals surface area contributed by atoms with Gasteiger partial charge in [-0.1, -0.05) is 45.4 Å². The molecular formula is C11H18O. The smallest absolute Gasteiger partial charge is 0.115 e. The van der Waals surface area contributed by atoms with Crippen LogP contribution >= 0.6 is 0 Å². The van der Waals surface area contributed by atoms with Crippen LogP contribution in [-0.4, -0.2) is 5.11 Å². The number of hydrogen-bond donors (Lipinski definition) is 1. The summed E-state index contributed by atoms with van der Waals surface area (Å²) >= 11 is 0. The highest BCUT2D eigenvalue weighted by molar-refractivity contribution is 5.18. The Hall–Kier alpha value is -0.980. The molecule has 1 N–H and O–H groups in total. The van der Waals surface area contributed by atoms with Crippen molar-refractivity contribution in [2.75, 3.05) is 0 Å². The highest BCUT2D eigenvalue weighted by Crippen LogP contribution is 2.02. The van der Waals surface area contributed by atoms with Gasteiger partial charge in [0.15, 0.2) is 0 Å². The summed E-state index contributed by atoms with van der Waals surface area (Å²) in [7, 11) is 0. The summed E-state index contributed by atoms with van der Waals surface area (Å²) in [4.78, 5) is 0. The van der Waals surface area contributed by atoms with Crippen LogP contribution in [0.4, 0.5) is 0 Å². The van der Waals surface area contributed by atoms with Crippen LogP contribution in [0.5, 0.6) is 5.75 Å². The van der Waals surface area contributed by atoms with Crippen molar-refractivity contribution in [1.82, 2.24) is 0 Å². The van der Waals surface area contributed by atoms with E-state index in [1.54, 1.807) is 24.3 Å². The molecule has 0 spiro atoms. The first-order valence-electron chi connectivity index (χ1n) is 4.40. The lowest BCUT2D eigenvalue weighted by Crippen LogP contribution is -1.77. The Balaban J connectivity index is 0.000000217. The summed E-state index contributed by atoms with van der Waals surface area (Å²) in [6.07, 6.45) is 1.31. The van der Waals surface area contributed by atoms with Gasteiger partial charge in [-0.15, -0.1) is 0 Å². The molecule has 0 aromatic heterocycles. The number of phenols is 1. The van der Waals surface area contributed by atoms with Crippen molar-refractivity contribution in [2.45, 2.75) is 27.2 Å². The molecule has 1 nitrogen and oxygen atoms in total. The highest BCUT2D eigenvalue weighted by atomic mass is 16.3. The highest BCUT2D eigenvalue weighted by Gasteiger charge is 1.80. The van der Waals surface area contributed by atoms with E-state index in [9.17, 15) is 0 Å². The van der Waals surface area contributed by atoms with Crippen LogP contribution < -0.4 is 0 Å². The normalized spacial score (nSPS) is 9.00. The van der Waals surface area contributed by atoms with Crippen LogP contribution in [0.25, 0.3) is 0 Å². The minimum atomic E-state index is 0.322. The Bertz CT molecular complexity index is 179. The van der Waals surface area contributed by atoms with Crippen molar-refractivity contribution in [2.24, 2.45) is 5.92 Å². The fourth-order valence-corrected chi connectivity index (χ4v) is 0.428. The molecule has 68 valence electrons. The van der Waals surface area contributed by atoms with Crippen LogP contribution in [-0.2, 0) is 0 Å². The zero-order valence-electron chi connectivity index (χ0n) is 8.12. The second-order valence-corrected chi connectivity index (χ2v) is 3.14. The monoisotopic (exact) mass is 166 g/mol. The van der Waals surface area contributed by atoms with E-state index in [-0.39, 0.29) is 0 Å². The number of aromatic hydroxyl groups is 1. The lowest BCUT2D eigenvalue weighted by Gasteiger charge is -1.90. The molecule has 0 saturated heterocycles. The van der Waals surface area contributed by atoms with Gasteiger partial charge in [0.05, 0.1) is 0 Å². The van der Waals surface area contributed by atoms with Crippen LogP contribution in [0.15, 0.2) is 30.3 Å². The minimum absolute atomic E-state index is 0.322. The number of benzene rings is 1. The van der Waals surface area contributed by atoms with Gasteiger partial charge >= 0.3 is 0 Å². The molecule has 0 unspecified atom stereocenters. The van der Waals surface area contributed by atoms with E-state index in [1.165, 1.54) is 6.42 Å². The predicted octanol–water partition coefficient (Wildman–Crippen LogP) is 3.44. The zero-order chi connectivity index (χ0) is 9.40. The van der Waals surface area contributed by atoms with Crippen LogP contribution in [0, 0.1) is 5.92 Å². The van der Waals surface area contributed by atoms with Crippen LogP contribution in [0.3, 0.4) is 0 Å². The molecule has 0 atom stereocenters. The molecule has 0 heterocycles. The van der Waals surface area contributed by atoms with E-state index in [0.717, 1.165) is 5.92 Å². The molecule has 0 amide bonds. The average molecular weight is 166 g/mol. The topological polar surface area (TPSA) is 20.2 Å². The Labute approximate surface area is 75.1 Å². The maximum Gasteiger partial charge on any atom is 0.115 e. The maximum absolute atomic E-state index is 8.63. The summed E-state index contributed by atoms with van der Waals surface area (Å²) in [6, 6.07) is 8.71. The quantitative estimate of drug-likeness (QED) is 0.677. The minimum Gasteiger partial charge on any atom is -0.508 e. The number of para-hydroxylation sites is 1. The summed E-state index contributed by atoms with van der Waals surface area (Å²) in [5, 5.41) is 8.63. The molecule has 0 fully saturated rings. The molecule has 1 aromatic carbocycles. The van der Waals surface area contributed by atoms with Gasteiger partial charge in [0.2, 0.25) is 0 Å². The Morgan fingerprint density at radius 1 is 1.17 bits per heavy atom. The van der Waals surface area contributed by atoms with Crippen molar-refractivity contribution in [1.29, 1.82) is 0 Å². The van der Waals surface area contributed by atoms with Gasteiger partial charge in [-0.2, -0.15) is 0 Å². The Morgan fingerprint density at radius 3 is 1.75 bits per heavy atom. The molecule has 12 heavy (non-hydrogen) atoms. The molecular weight excluding hydrogens is 148 g/mol. The summed E-state index contributed by atoms with van der Waals surface area (Å²) in [5.41, 5.74) is 0. The van der Waals surface area contributed by atoms with Crippen molar-refractivity contribution >= 4 is 0 Å².